The molecule has 1 aliphatic rings. The van der Waals surface area contributed by atoms with Crippen molar-refractivity contribution in [2.45, 2.75) is 33.2 Å². The molecule has 0 amide bonds. The number of hydrogen-bond acceptors (Lipinski definition) is 2. The maximum atomic E-state index is 6.22. The largest absolute Gasteiger partial charge is 0.357 e. The summed E-state index contributed by atoms with van der Waals surface area (Å²) in [4.78, 5) is 7.17. The van der Waals surface area contributed by atoms with Crippen LogP contribution in [-0.4, -0.2) is 43.6 Å². The molecule has 0 aromatic heterocycles. The summed E-state index contributed by atoms with van der Waals surface area (Å²) in [6, 6.07) is 5.54. The second kappa shape index (κ2) is 12.2. The van der Waals surface area contributed by atoms with E-state index in [1.54, 1.807) is 6.07 Å². The van der Waals surface area contributed by atoms with Crippen LogP contribution in [0.2, 0.25) is 10.0 Å². The average molecular weight is 499 g/mol. The lowest BCUT2D eigenvalue weighted by Crippen LogP contribution is -2.44. The van der Waals surface area contributed by atoms with Crippen LogP contribution in [0.5, 0.6) is 0 Å². The Labute approximate surface area is 178 Å². The van der Waals surface area contributed by atoms with Gasteiger partial charge < -0.3 is 15.5 Å². The van der Waals surface area contributed by atoms with Crippen molar-refractivity contribution in [1.29, 1.82) is 0 Å². The summed E-state index contributed by atoms with van der Waals surface area (Å²) in [5.41, 5.74) is 0.980. The van der Waals surface area contributed by atoms with Crippen molar-refractivity contribution in [3.8, 4) is 0 Å². The lowest BCUT2D eigenvalue weighted by Gasteiger charge is -2.32. The maximum absolute atomic E-state index is 6.22. The first kappa shape index (κ1) is 22.8. The minimum absolute atomic E-state index is 0. The van der Waals surface area contributed by atoms with Crippen molar-refractivity contribution in [3.63, 3.8) is 0 Å². The van der Waals surface area contributed by atoms with Crippen LogP contribution in [-0.2, 0) is 6.54 Å². The van der Waals surface area contributed by atoms with E-state index in [-0.39, 0.29) is 24.0 Å². The summed E-state index contributed by atoms with van der Waals surface area (Å²) in [7, 11) is 0. The predicted octanol–water partition coefficient (Wildman–Crippen LogP) is 4.40. The SMILES string of the molecule is CCNC(=NCc1ccc(Cl)cc1Cl)NCC1CCCN(CC)C1.I. The summed E-state index contributed by atoms with van der Waals surface area (Å²) in [6.07, 6.45) is 2.57. The maximum Gasteiger partial charge on any atom is 0.191 e. The van der Waals surface area contributed by atoms with Gasteiger partial charge in [-0.15, -0.1) is 24.0 Å². The Morgan fingerprint density at radius 1 is 1.28 bits per heavy atom. The van der Waals surface area contributed by atoms with E-state index in [1.807, 2.05) is 12.1 Å². The van der Waals surface area contributed by atoms with Crippen molar-refractivity contribution in [3.05, 3.63) is 33.8 Å². The molecule has 1 heterocycles. The number of aliphatic imine (C=N–C) groups is 1. The number of rotatable bonds is 6. The van der Waals surface area contributed by atoms with Gasteiger partial charge in [-0.05, 0) is 56.5 Å². The Bertz CT molecular complexity index is 554. The van der Waals surface area contributed by atoms with Gasteiger partial charge in [0.15, 0.2) is 5.96 Å². The molecule has 0 radical (unpaired) electrons. The first-order chi connectivity index (χ1) is 11.6. The molecule has 4 nitrogen and oxygen atoms in total. The molecule has 7 heteroatoms. The molecule has 0 bridgehead atoms. The Hall–Kier alpha value is -0.240. The van der Waals surface area contributed by atoms with E-state index < -0.39 is 0 Å². The fraction of sp³-hybridized carbons (Fsp3) is 0.611. The summed E-state index contributed by atoms with van der Waals surface area (Å²) >= 11 is 12.2. The normalized spacial score (nSPS) is 18.6. The number of benzene rings is 1. The molecule has 1 saturated heterocycles. The van der Waals surface area contributed by atoms with Gasteiger partial charge in [0.1, 0.15) is 0 Å². The van der Waals surface area contributed by atoms with Gasteiger partial charge in [-0.25, -0.2) is 4.99 Å². The van der Waals surface area contributed by atoms with Crippen molar-refractivity contribution >= 4 is 53.1 Å². The quantitative estimate of drug-likeness (QED) is 0.347. The van der Waals surface area contributed by atoms with Crippen LogP contribution in [0.4, 0.5) is 0 Å². The van der Waals surface area contributed by atoms with Gasteiger partial charge in [-0.1, -0.05) is 36.2 Å². The summed E-state index contributed by atoms with van der Waals surface area (Å²) < 4.78 is 0. The summed E-state index contributed by atoms with van der Waals surface area (Å²) in [5.74, 6) is 1.53. The predicted molar refractivity (Wildman–Crippen MR) is 120 cm³/mol. The van der Waals surface area contributed by atoms with E-state index in [4.69, 9.17) is 23.2 Å². The molecule has 142 valence electrons. The van der Waals surface area contributed by atoms with Gasteiger partial charge in [0.05, 0.1) is 6.54 Å². The molecule has 1 aliphatic heterocycles. The lowest BCUT2D eigenvalue weighted by atomic mass is 9.98. The molecule has 1 unspecified atom stereocenters. The first-order valence-corrected chi connectivity index (χ1v) is 9.56. The Morgan fingerprint density at radius 2 is 2.08 bits per heavy atom. The molecule has 1 atom stereocenters. The van der Waals surface area contributed by atoms with Crippen LogP contribution in [0.25, 0.3) is 0 Å². The molecule has 0 saturated carbocycles. The van der Waals surface area contributed by atoms with Crippen LogP contribution in [0.15, 0.2) is 23.2 Å². The van der Waals surface area contributed by atoms with Gasteiger partial charge in [0.25, 0.3) is 0 Å². The van der Waals surface area contributed by atoms with Gasteiger partial charge in [-0.2, -0.15) is 0 Å². The number of likely N-dealkylation sites (tertiary alicyclic amines) is 1. The van der Waals surface area contributed by atoms with E-state index in [1.165, 1.54) is 25.9 Å². The van der Waals surface area contributed by atoms with Crippen molar-refractivity contribution in [2.24, 2.45) is 10.9 Å². The molecular formula is C18H29Cl2IN4. The van der Waals surface area contributed by atoms with Crippen LogP contribution in [0, 0.1) is 5.92 Å². The highest BCUT2D eigenvalue weighted by Crippen LogP contribution is 2.21. The zero-order chi connectivity index (χ0) is 17.4. The number of halogens is 3. The second-order valence-corrected chi connectivity index (χ2v) is 7.06. The molecule has 25 heavy (non-hydrogen) atoms. The number of piperidine rings is 1. The van der Waals surface area contributed by atoms with Crippen LogP contribution < -0.4 is 10.6 Å². The van der Waals surface area contributed by atoms with Gasteiger partial charge in [0.2, 0.25) is 0 Å². The monoisotopic (exact) mass is 498 g/mol. The topological polar surface area (TPSA) is 39.7 Å². The summed E-state index contributed by atoms with van der Waals surface area (Å²) in [5, 5.41) is 8.09. The van der Waals surface area contributed by atoms with E-state index in [0.29, 0.717) is 22.5 Å². The van der Waals surface area contributed by atoms with Gasteiger partial charge >= 0.3 is 0 Å². The van der Waals surface area contributed by atoms with E-state index >= 15 is 0 Å². The first-order valence-electron chi connectivity index (χ1n) is 8.80. The third kappa shape index (κ3) is 7.89. The minimum atomic E-state index is 0. The third-order valence-electron chi connectivity index (χ3n) is 4.38. The molecular weight excluding hydrogens is 470 g/mol. The molecule has 1 fully saturated rings. The minimum Gasteiger partial charge on any atom is -0.357 e. The highest BCUT2D eigenvalue weighted by atomic mass is 127. The molecule has 1 aromatic rings. The number of nitrogens with zero attached hydrogens (tertiary/aromatic N) is 2. The summed E-state index contributed by atoms with van der Waals surface area (Å²) in [6.45, 7) is 10.2. The lowest BCUT2D eigenvalue weighted by molar-refractivity contribution is 0.183. The average Bonchev–Trinajstić information content (AvgIpc) is 2.59. The number of nitrogens with one attached hydrogen (secondary N) is 2. The molecule has 1 aromatic carbocycles. The molecule has 2 N–H and O–H groups in total. The number of hydrogen-bond donors (Lipinski definition) is 2. The molecule has 0 spiro atoms. The van der Waals surface area contributed by atoms with Crippen LogP contribution in [0.1, 0.15) is 32.3 Å². The number of guanidine groups is 1. The zero-order valence-corrected chi connectivity index (χ0v) is 18.9. The van der Waals surface area contributed by atoms with Gasteiger partial charge in [0, 0.05) is 29.7 Å². The van der Waals surface area contributed by atoms with E-state index in [9.17, 15) is 0 Å². The molecule has 0 aliphatic carbocycles. The Balaban J connectivity index is 0.00000312. The van der Waals surface area contributed by atoms with E-state index in [2.05, 4.69) is 34.4 Å². The Morgan fingerprint density at radius 3 is 2.76 bits per heavy atom. The van der Waals surface area contributed by atoms with Crippen LogP contribution >= 0.6 is 47.2 Å². The fourth-order valence-corrected chi connectivity index (χ4v) is 3.47. The van der Waals surface area contributed by atoms with E-state index in [0.717, 1.165) is 31.2 Å². The highest BCUT2D eigenvalue weighted by Gasteiger charge is 2.18. The fourth-order valence-electron chi connectivity index (χ4n) is 3.00. The van der Waals surface area contributed by atoms with Crippen molar-refractivity contribution in [2.75, 3.05) is 32.7 Å². The van der Waals surface area contributed by atoms with Gasteiger partial charge in [-0.3, -0.25) is 0 Å². The zero-order valence-electron chi connectivity index (χ0n) is 15.0. The second-order valence-electron chi connectivity index (χ2n) is 6.21. The molecule has 2 rings (SSSR count). The smallest absolute Gasteiger partial charge is 0.191 e. The van der Waals surface area contributed by atoms with Crippen molar-refractivity contribution in [1.82, 2.24) is 15.5 Å². The van der Waals surface area contributed by atoms with Crippen LogP contribution in [0.3, 0.4) is 0 Å². The highest BCUT2D eigenvalue weighted by molar-refractivity contribution is 14.0. The Kier molecular flexibility index (Phi) is 11.1. The van der Waals surface area contributed by atoms with Crippen molar-refractivity contribution < 1.29 is 0 Å². The third-order valence-corrected chi connectivity index (χ3v) is 4.96. The standard InChI is InChI=1S/C18H28Cl2N4.HI/c1-3-21-18(22-11-14-6-5-9-24(4-2)13-14)23-12-15-7-8-16(19)10-17(15)20;/h7-8,10,14H,3-6,9,11-13H2,1-2H3,(H2,21,22,23);1H.